The lowest BCUT2D eigenvalue weighted by atomic mass is 10.2. The van der Waals surface area contributed by atoms with Crippen molar-refractivity contribution < 1.29 is 9.53 Å². The Labute approximate surface area is 107 Å². The highest BCUT2D eigenvalue weighted by Gasteiger charge is 2.28. The number of aryl methyl sites for hydroxylation is 2. The average molecular weight is 252 g/mol. The van der Waals surface area contributed by atoms with Gasteiger partial charge in [-0.25, -0.2) is 0 Å². The van der Waals surface area contributed by atoms with Crippen LogP contribution < -0.4 is 10.2 Å². The molecule has 0 atom stereocenters. The van der Waals surface area contributed by atoms with E-state index in [1.165, 1.54) is 0 Å². The Morgan fingerprint density at radius 3 is 2.94 bits per heavy atom. The number of fused-ring (bicyclic) bond motifs is 1. The Morgan fingerprint density at radius 2 is 2.28 bits per heavy atom. The molecule has 1 aromatic heterocycles. The number of nitrogens with one attached hydrogen (secondary N) is 1. The summed E-state index contributed by atoms with van der Waals surface area (Å²) < 4.78 is 6.93. The van der Waals surface area contributed by atoms with Gasteiger partial charge in [0, 0.05) is 20.7 Å². The van der Waals surface area contributed by atoms with Crippen LogP contribution in [0.1, 0.15) is 19.0 Å². The molecule has 0 unspecified atom stereocenters. The van der Waals surface area contributed by atoms with Crippen LogP contribution in [0.3, 0.4) is 0 Å². The summed E-state index contributed by atoms with van der Waals surface area (Å²) in [6.45, 7) is 3.76. The first-order chi connectivity index (χ1) is 8.67. The number of ether oxygens (including phenoxy) is 1. The summed E-state index contributed by atoms with van der Waals surface area (Å²) in [5.74, 6) is 0.999. The zero-order valence-corrected chi connectivity index (χ0v) is 11.2. The summed E-state index contributed by atoms with van der Waals surface area (Å²) in [7, 11) is 3.58. The molecular weight excluding hydrogens is 232 g/mol. The summed E-state index contributed by atoms with van der Waals surface area (Å²) in [6, 6.07) is 0. The fourth-order valence-corrected chi connectivity index (χ4v) is 2.29. The summed E-state index contributed by atoms with van der Waals surface area (Å²) in [5, 5.41) is 7.43. The highest BCUT2D eigenvalue weighted by molar-refractivity contribution is 6.01. The van der Waals surface area contributed by atoms with E-state index >= 15 is 0 Å². The highest BCUT2D eigenvalue weighted by Crippen LogP contribution is 2.32. The van der Waals surface area contributed by atoms with E-state index in [0.29, 0.717) is 19.7 Å². The van der Waals surface area contributed by atoms with E-state index < -0.39 is 0 Å². The van der Waals surface area contributed by atoms with Crippen LogP contribution >= 0.6 is 0 Å². The molecule has 2 rings (SSSR count). The Bertz CT molecular complexity index is 442. The molecule has 1 aromatic rings. The standard InChI is InChI=1S/C12H20N4O2/c1-4-5-9-11-12(15(2)14-9)16(6-7-18-3)8-10(17)13-11/h4-8H2,1-3H3,(H,13,17). The molecule has 18 heavy (non-hydrogen) atoms. The molecule has 100 valence electrons. The van der Waals surface area contributed by atoms with Crippen molar-refractivity contribution in [2.24, 2.45) is 7.05 Å². The lowest BCUT2D eigenvalue weighted by molar-refractivity contribution is -0.115. The fourth-order valence-electron chi connectivity index (χ4n) is 2.29. The molecule has 0 aliphatic carbocycles. The third kappa shape index (κ3) is 2.33. The molecular formula is C12H20N4O2. The van der Waals surface area contributed by atoms with Gasteiger partial charge >= 0.3 is 0 Å². The molecule has 0 fully saturated rings. The normalized spacial score (nSPS) is 14.6. The minimum absolute atomic E-state index is 0.0176. The van der Waals surface area contributed by atoms with Crippen LogP contribution in [0.5, 0.6) is 0 Å². The van der Waals surface area contributed by atoms with Crippen molar-refractivity contribution in [1.82, 2.24) is 9.78 Å². The van der Waals surface area contributed by atoms with Crippen molar-refractivity contribution in [1.29, 1.82) is 0 Å². The van der Waals surface area contributed by atoms with E-state index in [9.17, 15) is 4.79 Å². The van der Waals surface area contributed by atoms with E-state index in [0.717, 1.165) is 30.0 Å². The van der Waals surface area contributed by atoms with Crippen LogP contribution in [0.4, 0.5) is 11.5 Å². The number of methoxy groups -OCH3 is 1. The van der Waals surface area contributed by atoms with E-state index in [2.05, 4.69) is 17.3 Å². The van der Waals surface area contributed by atoms with Crippen LogP contribution in [-0.2, 0) is 23.0 Å². The van der Waals surface area contributed by atoms with Gasteiger partial charge in [0.25, 0.3) is 0 Å². The van der Waals surface area contributed by atoms with Crippen molar-refractivity contribution in [3.05, 3.63) is 5.69 Å². The van der Waals surface area contributed by atoms with E-state index in [1.54, 1.807) is 7.11 Å². The highest BCUT2D eigenvalue weighted by atomic mass is 16.5. The van der Waals surface area contributed by atoms with Crippen molar-refractivity contribution in [3.63, 3.8) is 0 Å². The smallest absolute Gasteiger partial charge is 0.244 e. The van der Waals surface area contributed by atoms with Crippen molar-refractivity contribution in [3.8, 4) is 0 Å². The van der Waals surface area contributed by atoms with E-state index in [1.807, 2.05) is 16.6 Å². The maximum Gasteiger partial charge on any atom is 0.244 e. The molecule has 1 aliphatic heterocycles. The van der Waals surface area contributed by atoms with Gasteiger partial charge in [0.05, 0.1) is 18.8 Å². The quantitative estimate of drug-likeness (QED) is 0.841. The van der Waals surface area contributed by atoms with Gasteiger partial charge in [0.2, 0.25) is 5.91 Å². The summed E-state index contributed by atoms with van der Waals surface area (Å²) in [5.41, 5.74) is 1.83. The number of hydrogen-bond donors (Lipinski definition) is 1. The zero-order valence-electron chi connectivity index (χ0n) is 11.2. The predicted molar refractivity (Wildman–Crippen MR) is 69.9 cm³/mol. The molecule has 0 radical (unpaired) electrons. The van der Waals surface area contributed by atoms with Gasteiger partial charge in [-0.3, -0.25) is 9.48 Å². The van der Waals surface area contributed by atoms with Crippen molar-refractivity contribution in [2.75, 3.05) is 37.0 Å². The maximum absolute atomic E-state index is 11.7. The van der Waals surface area contributed by atoms with Gasteiger partial charge in [-0.1, -0.05) is 13.3 Å². The molecule has 0 aromatic carbocycles. The van der Waals surface area contributed by atoms with Crippen LogP contribution in [-0.4, -0.2) is 42.5 Å². The Kier molecular flexibility index (Phi) is 3.86. The number of rotatable bonds is 5. The van der Waals surface area contributed by atoms with Gasteiger partial charge in [-0.2, -0.15) is 5.10 Å². The number of carbonyl (C=O) groups is 1. The molecule has 2 heterocycles. The van der Waals surface area contributed by atoms with Gasteiger partial charge < -0.3 is 15.0 Å². The molecule has 1 N–H and O–H groups in total. The minimum atomic E-state index is 0.0176. The Morgan fingerprint density at radius 1 is 1.50 bits per heavy atom. The summed E-state index contributed by atoms with van der Waals surface area (Å²) in [6.07, 6.45) is 1.89. The number of nitrogens with zero attached hydrogens (tertiary/aromatic N) is 3. The first kappa shape index (κ1) is 12.9. The average Bonchev–Trinajstić information content (AvgIpc) is 2.64. The number of aromatic nitrogens is 2. The molecule has 0 saturated carbocycles. The second kappa shape index (κ2) is 5.39. The van der Waals surface area contributed by atoms with Crippen molar-refractivity contribution in [2.45, 2.75) is 19.8 Å². The van der Waals surface area contributed by atoms with Gasteiger partial charge in [0.1, 0.15) is 5.69 Å². The maximum atomic E-state index is 11.7. The lowest BCUT2D eigenvalue weighted by Crippen LogP contribution is -2.40. The van der Waals surface area contributed by atoms with Gasteiger partial charge in [-0.15, -0.1) is 0 Å². The number of amides is 1. The van der Waals surface area contributed by atoms with E-state index in [4.69, 9.17) is 4.74 Å². The SMILES string of the molecule is CCCc1nn(C)c2c1NC(=O)CN2CCOC. The Balaban J connectivity index is 2.32. The minimum Gasteiger partial charge on any atom is -0.383 e. The predicted octanol–water partition coefficient (Wildman–Crippen LogP) is 0.777. The van der Waals surface area contributed by atoms with Crippen molar-refractivity contribution >= 4 is 17.4 Å². The number of hydrogen-bond acceptors (Lipinski definition) is 4. The molecule has 1 aliphatic rings. The number of anilines is 2. The molecule has 6 heteroatoms. The van der Waals surface area contributed by atoms with Crippen LogP contribution in [0, 0.1) is 0 Å². The Hall–Kier alpha value is -1.56. The second-order valence-corrected chi connectivity index (χ2v) is 4.48. The van der Waals surface area contributed by atoms with Crippen LogP contribution in [0.25, 0.3) is 0 Å². The molecule has 0 bridgehead atoms. The van der Waals surface area contributed by atoms with Gasteiger partial charge in [-0.05, 0) is 6.42 Å². The topological polar surface area (TPSA) is 59.4 Å². The van der Waals surface area contributed by atoms with Crippen LogP contribution in [0.2, 0.25) is 0 Å². The first-order valence-corrected chi connectivity index (χ1v) is 6.27. The zero-order chi connectivity index (χ0) is 13.1. The molecule has 1 amide bonds. The first-order valence-electron chi connectivity index (χ1n) is 6.27. The third-order valence-corrected chi connectivity index (χ3v) is 3.04. The second-order valence-electron chi connectivity index (χ2n) is 4.48. The third-order valence-electron chi connectivity index (χ3n) is 3.04. The monoisotopic (exact) mass is 252 g/mol. The van der Waals surface area contributed by atoms with E-state index in [-0.39, 0.29) is 5.91 Å². The summed E-state index contributed by atoms with van der Waals surface area (Å²) >= 11 is 0. The lowest BCUT2D eigenvalue weighted by Gasteiger charge is -2.29. The fraction of sp³-hybridized carbons (Fsp3) is 0.667. The number of carbonyl (C=O) groups excluding carboxylic acids is 1. The summed E-state index contributed by atoms with van der Waals surface area (Å²) in [4.78, 5) is 13.8. The molecule has 0 spiro atoms. The van der Waals surface area contributed by atoms with Gasteiger partial charge in [0.15, 0.2) is 5.82 Å². The van der Waals surface area contributed by atoms with Crippen LogP contribution in [0.15, 0.2) is 0 Å². The molecule has 0 saturated heterocycles. The largest absolute Gasteiger partial charge is 0.383 e. The molecule has 6 nitrogen and oxygen atoms in total.